The number of aliphatic hydroxyl groups excluding tert-OH is 1. The lowest BCUT2D eigenvalue weighted by molar-refractivity contribution is -0.137. The van der Waals surface area contributed by atoms with E-state index in [2.05, 4.69) is 0 Å². The molecule has 1 aliphatic rings. The zero-order chi connectivity index (χ0) is 17.0. The van der Waals surface area contributed by atoms with Gasteiger partial charge in [0.25, 0.3) is 5.91 Å². The van der Waals surface area contributed by atoms with E-state index in [1.165, 1.54) is 11.0 Å². The molecule has 0 radical (unpaired) electrons. The van der Waals surface area contributed by atoms with E-state index in [1.807, 2.05) is 6.92 Å². The topological polar surface area (TPSA) is 104 Å². The summed E-state index contributed by atoms with van der Waals surface area (Å²) in [6, 6.07) is 4.67. The Bertz CT molecular complexity index is 627. The van der Waals surface area contributed by atoms with Crippen LogP contribution in [0.4, 0.5) is 5.69 Å². The molecule has 124 valence electrons. The maximum atomic E-state index is 12.3. The van der Waals surface area contributed by atoms with Gasteiger partial charge in [0.05, 0.1) is 18.7 Å². The number of carbonyl (C=O) groups is 3. The van der Waals surface area contributed by atoms with Gasteiger partial charge in [-0.05, 0) is 24.6 Å². The van der Waals surface area contributed by atoms with Crippen molar-refractivity contribution < 1.29 is 29.3 Å². The number of anilines is 1. The number of amides is 1. The van der Waals surface area contributed by atoms with Crippen LogP contribution in [0.1, 0.15) is 36.5 Å². The minimum Gasteiger partial charge on any atom is -0.481 e. The fourth-order valence-corrected chi connectivity index (χ4v) is 2.45. The zero-order valence-electron chi connectivity index (χ0n) is 12.8. The van der Waals surface area contributed by atoms with E-state index in [-0.39, 0.29) is 37.7 Å². The molecule has 0 aliphatic carbocycles. The van der Waals surface area contributed by atoms with Crippen molar-refractivity contribution >= 4 is 23.3 Å². The van der Waals surface area contributed by atoms with Gasteiger partial charge in [0.15, 0.2) is 11.9 Å². The van der Waals surface area contributed by atoms with Gasteiger partial charge in [-0.25, -0.2) is 0 Å². The van der Waals surface area contributed by atoms with Crippen molar-refractivity contribution in [2.45, 2.75) is 32.3 Å². The summed E-state index contributed by atoms with van der Waals surface area (Å²) >= 11 is 0. The highest BCUT2D eigenvalue weighted by molar-refractivity contribution is 6.03. The van der Waals surface area contributed by atoms with Crippen LogP contribution in [0.15, 0.2) is 18.2 Å². The fraction of sp³-hybridized carbons (Fsp3) is 0.438. The molecule has 1 atom stereocenters. The maximum Gasteiger partial charge on any atom is 0.303 e. The van der Waals surface area contributed by atoms with Gasteiger partial charge < -0.3 is 19.8 Å². The van der Waals surface area contributed by atoms with Crippen molar-refractivity contribution in [3.8, 4) is 5.75 Å². The number of hydrogen-bond donors (Lipinski definition) is 2. The van der Waals surface area contributed by atoms with E-state index in [1.54, 1.807) is 12.1 Å². The summed E-state index contributed by atoms with van der Waals surface area (Å²) < 4.78 is 5.62. The van der Waals surface area contributed by atoms with Crippen molar-refractivity contribution in [2.24, 2.45) is 0 Å². The van der Waals surface area contributed by atoms with E-state index in [9.17, 15) is 19.5 Å². The largest absolute Gasteiger partial charge is 0.481 e. The molecule has 1 amide bonds. The molecule has 2 N–H and O–H groups in total. The highest BCUT2D eigenvalue weighted by Crippen LogP contribution is 2.35. The molecule has 1 aromatic rings. The molecule has 1 aliphatic heterocycles. The minimum atomic E-state index is -1.04. The molecule has 2 rings (SSSR count). The molecule has 0 fully saturated rings. The molecule has 0 spiro atoms. The number of hydrogen-bond acceptors (Lipinski definition) is 5. The Kier molecular flexibility index (Phi) is 5.33. The van der Waals surface area contributed by atoms with E-state index < -0.39 is 12.1 Å². The van der Waals surface area contributed by atoms with Crippen LogP contribution in [-0.4, -0.2) is 47.1 Å². The van der Waals surface area contributed by atoms with Crippen LogP contribution in [0, 0.1) is 0 Å². The van der Waals surface area contributed by atoms with Crippen molar-refractivity contribution in [1.29, 1.82) is 0 Å². The second-order valence-electron chi connectivity index (χ2n) is 5.23. The van der Waals surface area contributed by atoms with Gasteiger partial charge in [0.1, 0.15) is 5.75 Å². The number of fused-ring (bicyclic) bond motifs is 1. The van der Waals surface area contributed by atoms with Gasteiger partial charge in [0.2, 0.25) is 0 Å². The molecule has 1 aromatic carbocycles. The molecule has 0 aromatic heterocycles. The summed E-state index contributed by atoms with van der Waals surface area (Å²) in [5, 5.41) is 17.8. The predicted octanol–water partition coefficient (Wildman–Crippen LogP) is 1.23. The zero-order valence-corrected chi connectivity index (χ0v) is 12.8. The van der Waals surface area contributed by atoms with Crippen LogP contribution >= 0.6 is 0 Å². The number of carbonyl (C=O) groups excluding carboxylic acids is 2. The first-order chi connectivity index (χ1) is 11.0. The monoisotopic (exact) mass is 321 g/mol. The number of nitrogens with zero attached hydrogens (tertiary/aromatic N) is 1. The first kappa shape index (κ1) is 17.0. The quantitative estimate of drug-likeness (QED) is 0.732. The second-order valence-corrected chi connectivity index (χ2v) is 5.23. The number of β-amino-alcohol motifs (C(OH)–C–C–N with tert-alkyl or cyclic N) is 1. The Hall–Kier alpha value is -2.41. The molecular formula is C16H19NO6. The molecule has 0 saturated carbocycles. The number of aliphatic hydroxyl groups is 1. The summed E-state index contributed by atoms with van der Waals surface area (Å²) in [7, 11) is 0. The smallest absolute Gasteiger partial charge is 0.303 e. The van der Waals surface area contributed by atoms with Gasteiger partial charge in [-0.1, -0.05) is 6.92 Å². The van der Waals surface area contributed by atoms with Crippen molar-refractivity contribution in [1.82, 2.24) is 0 Å². The summed E-state index contributed by atoms with van der Waals surface area (Å²) in [4.78, 5) is 36.3. The number of ether oxygens (including phenoxy) is 1. The molecule has 0 bridgehead atoms. The Morgan fingerprint density at radius 2 is 2.04 bits per heavy atom. The molecule has 0 saturated heterocycles. The molecular weight excluding hydrogens is 302 g/mol. The fourth-order valence-electron chi connectivity index (χ4n) is 2.45. The predicted molar refractivity (Wildman–Crippen MR) is 81.8 cm³/mol. The average molecular weight is 321 g/mol. The second kappa shape index (κ2) is 7.23. The van der Waals surface area contributed by atoms with Crippen LogP contribution in [0.2, 0.25) is 0 Å². The van der Waals surface area contributed by atoms with Gasteiger partial charge >= 0.3 is 5.97 Å². The van der Waals surface area contributed by atoms with Crippen molar-refractivity contribution in [2.75, 3.05) is 18.1 Å². The van der Waals surface area contributed by atoms with Gasteiger partial charge in [-0.15, -0.1) is 0 Å². The van der Waals surface area contributed by atoms with Gasteiger partial charge in [-0.3, -0.25) is 14.4 Å². The van der Waals surface area contributed by atoms with E-state index >= 15 is 0 Å². The lowest BCUT2D eigenvalue weighted by Crippen LogP contribution is -2.46. The number of ketones is 1. The molecule has 23 heavy (non-hydrogen) atoms. The third-order valence-corrected chi connectivity index (χ3v) is 3.64. The van der Waals surface area contributed by atoms with E-state index in [0.717, 1.165) is 0 Å². The van der Waals surface area contributed by atoms with Crippen LogP contribution in [-0.2, 0) is 9.59 Å². The lowest BCUT2D eigenvalue weighted by atomic mass is 10.0. The average Bonchev–Trinajstić information content (AvgIpc) is 2.54. The number of carboxylic acids is 1. The van der Waals surface area contributed by atoms with Crippen LogP contribution in [0.25, 0.3) is 0 Å². The van der Waals surface area contributed by atoms with Crippen LogP contribution in [0.5, 0.6) is 5.75 Å². The third-order valence-electron chi connectivity index (χ3n) is 3.64. The van der Waals surface area contributed by atoms with E-state index in [4.69, 9.17) is 9.84 Å². The van der Waals surface area contributed by atoms with Gasteiger partial charge in [0, 0.05) is 18.5 Å². The Balaban J connectivity index is 2.31. The van der Waals surface area contributed by atoms with Crippen molar-refractivity contribution in [3.63, 3.8) is 0 Å². The number of rotatable bonds is 7. The summed E-state index contributed by atoms with van der Waals surface area (Å²) in [6.45, 7) is 1.73. The summed E-state index contributed by atoms with van der Waals surface area (Å²) in [5.74, 6) is -1.14. The number of aliphatic carboxylic acids is 1. The molecule has 1 unspecified atom stereocenters. The highest BCUT2D eigenvalue weighted by Gasteiger charge is 2.33. The molecule has 7 heteroatoms. The standard InChI is InChI=1S/C16H19NO6/c1-2-13-16(22)17(7-8-18)11-9-10(3-5-14(11)23-13)12(19)4-6-15(20)21/h3,5,9,13,18H,2,4,6-8H2,1H3,(H,20,21). The molecule has 1 heterocycles. The minimum absolute atomic E-state index is 0.110. The maximum absolute atomic E-state index is 12.3. The summed E-state index contributed by atoms with van der Waals surface area (Å²) in [6.07, 6.45) is -0.466. The number of benzene rings is 1. The Morgan fingerprint density at radius 3 is 2.65 bits per heavy atom. The highest BCUT2D eigenvalue weighted by atomic mass is 16.5. The number of carboxylic acid groups (broad SMARTS) is 1. The lowest BCUT2D eigenvalue weighted by Gasteiger charge is -2.34. The first-order valence-electron chi connectivity index (χ1n) is 7.45. The van der Waals surface area contributed by atoms with Crippen LogP contribution < -0.4 is 9.64 Å². The van der Waals surface area contributed by atoms with Gasteiger partial charge in [-0.2, -0.15) is 0 Å². The third kappa shape index (κ3) is 3.68. The number of Topliss-reactive ketones (excluding diaryl/α,β-unsaturated/α-hetero) is 1. The first-order valence-corrected chi connectivity index (χ1v) is 7.45. The Labute approximate surface area is 133 Å². The Morgan fingerprint density at radius 1 is 1.30 bits per heavy atom. The SMILES string of the molecule is CCC1Oc2ccc(C(=O)CCC(=O)O)cc2N(CCO)C1=O. The van der Waals surface area contributed by atoms with Crippen molar-refractivity contribution in [3.05, 3.63) is 23.8 Å². The van der Waals surface area contributed by atoms with Crippen LogP contribution in [0.3, 0.4) is 0 Å². The normalized spacial score (nSPS) is 16.7. The summed E-state index contributed by atoms with van der Waals surface area (Å²) in [5.41, 5.74) is 0.745. The molecule has 7 nitrogen and oxygen atoms in total. The van der Waals surface area contributed by atoms with E-state index in [0.29, 0.717) is 23.4 Å².